The second kappa shape index (κ2) is 6.20. The number of hydrogen-bond donors (Lipinski definition) is 2. The fourth-order valence-electron chi connectivity index (χ4n) is 3.28. The smallest absolute Gasteiger partial charge is 0.183 e. The zero-order chi connectivity index (χ0) is 16.5. The minimum Gasteiger partial charge on any atom is -0.371 e. The van der Waals surface area contributed by atoms with Gasteiger partial charge in [-0.3, -0.25) is 4.90 Å². The summed E-state index contributed by atoms with van der Waals surface area (Å²) >= 11 is 0. The molecule has 0 saturated carbocycles. The molecule has 1 aliphatic heterocycles. The monoisotopic (exact) mass is 327 g/mol. The molecule has 0 radical (unpaired) electrons. The Morgan fingerprint density at radius 1 is 1.33 bits per heavy atom. The first-order valence-corrected chi connectivity index (χ1v) is 8.26. The quantitative estimate of drug-likeness (QED) is 0.757. The highest BCUT2D eigenvalue weighted by Crippen LogP contribution is 2.28. The largest absolute Gasteiger partial charge is 0.371 e. The van der Waals surface area contributed by atoms with Gasteiger partial charge in [-0.15, -0.1) is 0 Å². The molecule has 24 heavy (non-hydrogen) atoms. The number of hydrogen-bond acceptors (Lipinski definition) is 7. The number of anilines is 1. The first-order valence-electron chi connectivity index (χ1n) is 8.26. The Morgan fingerprint density at radius 3 is 2.88 bits per heavy atom. The average molecular weight is 327 g/mol. The number of nitrogens with zero attached hydrogens (tertiary/aromatic N) is 5. The molecule has 8 nitrogen and oxygen atoms in total. The van der Waals surface area contributed by atoms with Crippen LogP contribution in [-0.4, -0.2) is 50.1 Å². The maximum absolute atomic E-state index is 5.14. The third-order valence-corrected chi connectivity index (χ3v) is 4.55. The van der Waals surface area contributed by atoms with Crippen molar-refractivity contribution in [2.45, 2.75) is 32.2 Å². The molecule has 8 heteroatoms. The van der Waals surface area contributed by atoms with E-state index in [9.17, 15) is 0 Å². The van der Waals surface area contributed by atoms with Gasteiger partial charge < -0.3 is 14.8 Å². The molecule has 0 amide bonds. The van der Waals surface area contributed by atoms with Gasteiger partial charge in [0, 0.05) is 25.6 Å². The van der Waals surface area contributed by atoms with E-state index in [4.69, 9.17) is 4.52 Å². The Bertz CT molecular complexity index is 832. The fourth-order valence-corrected chi connectivity index (χ4v) is 3.28. The van der Waals surface area contributed by atoms with Crippen LogP contribution in [-0.2, 0) is 6.54 Å². The van der Waals surface area contributed by atoms with Crippen LogP contribution in [0, 0.1) is 6.92 Å². The molecule has 0 unspecified atom stereocenters. The molecule has 0 bridgehead atoms. The maximum Gasteiger partial charge on any atom is 0.183 e. The number of piperidine rings is 1. The van der Waals surface area contributed by atoms with E-state index in [2.05, 4.69) is 35.3 Å². The van der Waals surface area contributed by atoms with E-state index in [1.54, 1.807) is 6.33 Å². The van der Waals surface area contributed by atoms with Crippen LogP contribution < -0.4 is 5.32 Å². The summed E-state index contributed by atoms with van der Waals surface area (Å²) in [5.74, 6) is 2.93. The number of rotatable bonds is 4. The lowest BCUT2D eigenvalue weighted by molar-refractivity contribution is 0.197. The molecule has 126 valence electrons. The van der Waals surface area contributed by atoms with Gasteiger partial charge in [0.2, 0.25) is 0 Å². The number of imidazole rings is 1. The first-order chi connectivity index (χ1) is 11.7. The average Bonchev–Trinajstić information content (AvgIpc) is 3.23. The molecule has 4 rings (SSSR count). The SMILES string of the molecule is CNc1nc(C2CCN(Cc3cc(C)on3)CC2)nc2nc[nH]c12. The Kier molecular flexibility index (Phi) is 3.89. The van der Waals surface area contributed by atoms with Crippen molar-refractivity contribution in [3.05, 3.63) is 29.7 Å². The lowest BCUT2D eigenvalue weighted by atomic mass is 9.95. The Balaban J connectivity index is 1.45. The van der Waals surface area contributed by atoms with Crippen molar-refractivity contribution in [1.82, 2.24) is 30.0 Å². The van der Waals surface area contributed by atoms with Crippen molar-refractivity contribution in [2.75, 3.05) is 25.5 Å². The van der Waals surface area contributed by atoms with Crippen molar-refractivity contribution < 1.29 is 4.52 Å². The number of H-pyrrole nitrogens is 1. The number of aryl methyl sites for hydroxylation is 1. The second-order valence-electron chi connectivity index (χ2n) is 6.26. The van der Waals surface area contributed by atoms with Gasteiger partial charge >= 0.3 is 0 Å². The molecule has 0 atom stereocenters. The van der Waals surface area contributed by atoms with Crippen LogP contribution in [0.25, 0.3) is 11.2 Å². The highest BCUT2D eigenvalue weighted by molar-refractivity contribution is 5.82. The van der Waals surface area contributed by atoms with Gasteiger partial charge in [0.1, 0.15) is 17.1 Å². The van der Waals surface area contributed by atoms with Crippen LogP contribution in [0.3, 0.4) is 0 Å². The zero-order valence-electron chi connectivity index (χ0n) is 13.9. The lowest BCUT2D eigenvalue weighted by Gasteiger charge is -2.30. The molecule has 1 aliphatic rings. The minimum absolute atomic E-state index is 0.369. The molecule has 4 heterocycles. The summed E-state index contributed by atoms with van der Waals surface area (Å²) in [6.07, 6.45) is 3.73. The van der Waals surface area contributed by atoms with Gasteiger partial charge in [-0.25, -0.2) is 15.0 Å². The molecule has 0 aromatic carbocycles. The maximum atomic E-state index is 5.14. The van der Waals surface area contributed by atoms with Crippen LogP contribution in [0.15, 0.2) is 16.9 Å². The number of nitrogens with one attached hydrogen (secondary N) is 2. The van der Waals surface area contributed by atoms with E-state index in [1.807, 2.05) is 20.0 Å². The third-order valence-electron chi connectivity index (χ3n) is 4.55. The van der Waals surface area contributed by atoms with Crippen LogP contribution in [0.4, 0.5) is 5.82 Å². The normalized spacial score (nSPS) is 16.8. The first kappa shape index (κ1) is 15.1. The third kappa shape index (κ3) is 2.84. The molecular formula is C16H21N7O. The van der Waals surface area contributed by atoms with Crippen LogP contribution >= 0.6 is 0 Å². The summed E-state index contributed by atoms with van der Waals surface area (Å²) in [5.41, 5.74) is 2.59. The highest BCUT2D eigenvalue weighted by atomic mass is 16.5. The Morgan fingerprint density at radius 2 is 2.17 bits per heavy atom. The summed E-state index contributed by atoms with van der Waals surface area (Å²) in [7, 11) is 1.87. The number of fused-ring (bicyclic) bond motifs is 1. The zero-order valence-corrected chi connectivity index (χ0v) is 13.9. The summed E-state index contributed by atoms with van der Waals surface area (Å²) in [4.78, 5) is 19.1. The standard InChI is InChI=1S/C16H21N7O/c1-10-7-12(22-24-10)8-23-5-3-11(4-6-23)14-20-15(17-2)13-16(21-14)19-9-18-13/h7,9,11H,3-6,8H2,1-2H3,(H2,17,18,19,20,21). The van der Waals surface area contributed by atoms with Crippen LogP contribution in [0.5, 0.6) is 0 Å². The molecule has 3 aromatic rings. The van der Waals surface area contributed by atoms with Gasteiger partial charge in [-0.05, 0) is 32.9 Å². The van der Waals surface area contributed by atoms with E-state index in [1.165, 1.54) is 0 Å². The number of aromatic nitrogens is 5. The highest BCUT2D eigenvalue weighted by Gasteiger charge is 2.24. The molecule has 2 N–H and O–H groups in total. The van der Waals surface area contributed by atoms with Gasteiger partial charge in [0.15, 0.2) is 11.5 Å². The van der Waals surface area contributed by atoms with Crippen molar-refractivity contribution in [2.24, 2.45) is 0 Å². The topological polar surface area (TPSA) is 95.8 Å². The predicted octanol–water partition coefficient (Wildman–Crippen LogP) is 2.07. The van der Waals surface area contributed by atoms with E-state index in [-0.39, 0.29) is 0 Å². The molecule has 1 fully saturated rings. The van der Waals surface area contributed by atoms with E-state index in [0.29, 0.717) is 5.92 Å². The fraction of sp³-hybridized carbons (Fsp3) is 0.500. The molecule has 1 saturated heterocycles. The Labute approximate surface area is 139 Å². The number of aromatic amines is 1. The predicted molar refractivity (Wildman–Crippen MR) is 89.7 cm³/mol. The minimum atomic E-state index is 0.369. The van der Waals surface area contributed by atoms with Gasteiger partial charge in [-0.1, -0.05) is 5.16 Å². The van der Waals surface area contributed by atoms with Crippen LogP contribution in [0.2, 0.25) is 0 Å². The molecular weight excluding hydrogens is 306 g/mol. The van der Waals surface area contributed by atoms with E-state index >= 15 is 0 Å². The second-order valence-corrected chi connectivity index (χ2v) is 6.26. The summed E-state index contributed by atoms with van der Waals surface area (Å²) < 4.78 is 5.14. The van der Waals surface area contributed by atoms with E-state index < -0.39 is 0 Å². The van der Waals surface area contributed by atoms with Gasteiger partial charge in [-0.2, -0.15) is 0 Å². The summed E-state index contributed by atoms with van der Waals surface area (Å²) in [6.45, 7) is 4.77. The number of likely N-dealkylation sites (tertiary alicyclic amines) is 1. The molecule has 3 aromatic heterocycles. The van der Waals surface area contributed by atoms with Gasteiger partial charge in [0.05, 0.1) is 12.0 Å². The van der Waals surface area contributed by atoms with Crippen LogP contribution in [0.1, 0.15) is 36.0 Å². The molecule has 0 aliphatic carbocycles. The van der Waals surface area contributed by atoms with Gasteiger partial charge in [0.25, 0.3) is 0 Å². The van der Waals surface area contributed by atoms with Crippen molar-refractivity contribution >= 4 is 17.0 Å². The van der Waals surface area contributed by atoms with Crippen molar-refractivity contribution in [3.8, 4) is 0 Å². The van der Waals surface area contributed by atoms with Crippen molar-refractivity contribution in [1.29, 1.82) is 0 Å². The van der Waals surface area contributed by atoms with Crippen molar-refractivity contribution in [3.63, 3.8) is 0 Å². The van der Waals surface area contributed by atoms with E-state index in [0.717, 1.165) is 66.7 Å². The Hall–Kier alpha value is -2.48. The lowest BCUT2D eigenvalue weighted by Crippen LogP contribution is -2.33. The summed E-state index contributed by atoms with van der Waals surface area (Å²) in [6, 6.07) is 2.00. The summed E-state index contributed by atoms with van der Waals surface area (Å²) in [5, 5.41) is 7.20. The molecule has 0 spiro atoms.